The van der Waals surface area contributed by atoms with E-state index in [1.54, 1.807) is 12.1 Å². The molecule has 0 aliphatic heterocycles. The van der Waals surface area contributed by atoms with E-state index in [-0.39, 0.29) is 6.61 Å². The molecule has 0 amide bonds. The van der Waals surface area contributed by atoms with Gasteiger partial charge in [0.2, 0.25) is 0 Å². The van der Waals surface area contributed by atoms with Crippen molar-refractivity contribution in [2.45, 2.75) is 13.3 Å². The fourth-order valence-corrected chi connectivity index (χ4v) is 1.87. The number of aryl methyl sites for hydroxylation is 1. The normalized spacial score (nSPS) is 10.6. The van der Waals surface area contributed by atoms with Gasteiger partial charge >= 0.3 is 0 Å². The van der Waals surface area contributed by atoms with Gasteiger partial charge in [-0.3, -0.25) is 4.72 Å². The summed E-state index contributed by atoms with van der Waals surface area (Å²) in [6.07, 6.45) is 0.394. The summed E-state index contributed by atoms with van der Waals surface area (Å²) in [4.78, 5) is 0. The first-order valence-electron chi connectivity index (χ1n) is 5.39. The van der Waals surface area contributed by atoms with Crippen molar-refractivity contribution in [3.05, 3.63) is 29.3 Å². The standard InChI is InChI=1S/C12H16N2O3S/c1-10-7-11(5-3-4-6-15)9-12(8-10)14-18(16,17)13-2/h7-9,13-15H,4,6H2,1-2H3. The van der Waals surface area contributed by atoms with E-state index < -0.39 is 10.2 Å². The van der Waals surface area contributed by atoms with Gasteiger partial charge < -0.3 is 5.11 Å². The second-order valence-corrected chi connectivity index (χ2v) is 5.29. The topological polar surface area (TPSA) is 78.4 Å². The van der Waals surface area contributed by atoms with Gasteiger partial charge in [0.1, 0.15) is 0 Å². The first kappa shape index (κ1) is 14.5. The van der Waals surface area contributed by atoms with Gasteiger partial charge in [0.25, 0.3) is 10.2 Å². The predicted octanol–water partition coefficient (Wildman–Crippen LogP) is 0.605. The maximum atomic E-state index is 11.4. The highest BCUT2D eigenvalue weighted by Gasteiger charge is 2.06. The Morgan fingerprint density at radius 3 is 2.67 bits per heavy atom. The molecule has 0 aliphatic carbocycles. The minimum absolute atomic E-state index is 0.0120. The Balaban J connectivity index is 2.99. The number of benzene rings is 1. The van der Waals surface area contributed by atoms with E-state index in [1.165, 1.54) is 7.05 Å². The molecule has 0 heterocycles. The van der Waals surface area contributed by atoms with Gasteiger partial charge in [-0.05, 0) is 30.7 Å². The van der Waals surface area contributed by atoms with Crippen molar-refractivity contribution in [3.63, 3.8) is 0 Å². The van der Waals surface area contributed by atoms with E-state index in [1.807, 2.05) is 13.0 Å². The Bertz CT molecular complexity index is 571. The summed E-state index contributed by atoms with van der Waals surface area (Å²) in [5, 5.41) is 8.64. The molecule has 0 atom stereocenters. The Morgan fingerprint density at radius 1 is 1.33 bits per heavy atom. The van der Waals surface area contributed by atoms with Crippen LogP contribution in [0.2, 0.25) is 0 Å². The van der Waals surface area contributed by atoms with E-state index in [9.17, 15) is 8.42 Å². The van der Waals surface area contributed by atoms with Crippen molar-refractivity contribution < 1.29 is 13.5 Å². The van der Waals surface area contributed by atoms with Gasteiger partial charge in [-0.15, -0.1) is 0 Å². The molecule has 0 saturated carbocycles. The van der Waals surface area contributed by atoms with Crippen LogP contribution in [0.25, 0.3) is 0 Å². The molecule has 3 N–H and O–H groups in total. The van der Waals surface area contributed by atoms with Gasteiger partial charge in [-0.2, -0.15) is 8.42 Å². The minimum Gasteiger partial charge on any atom is -0.395 e. The highest BCUT2D eigenvalue weighted by Crippen LogP contribution is 2.14. The van der Waals surface area contributed by atoms with Crippen LogP contribution in [0.15, 0.2) is 18.2 Å². The van der Waals surface area contributed by atoms with Gasteiger partial charge in [-0.1, -0.05) is 11.8 Å². The minimum atomic E-state index is -3.52. The lowest BCUT2D eigenvalue weighted by Crippen LogP contribution is -2.26. The maximum absolute atomic E-state index is 11.4. The van der Waals surface area contributed by atoms with E-state index in [0.29, 0.717) is 17.7 Å². The highest BCUT2D eigenvalue weighted by atomic mass is 32.2. The van der Waals surface area contributed by atoms with E-state index in [2.05, 4.69) is 21.3 Å². The zero-order valence-corrected chi connectivity index (χ0v) is 11.1. The molecule has 0 aliphatic rings. The third kappa shape index (κ3) is 4.75. The molecule has 1 aromatic rings. The number of nitrogens with one attached hydrogen (secondary N) is 2. The molecule has 18 heavy (non-hydrogen) atoms. The lowest BCUT2D eigenvalue weighted by Gasteiger charge is -2.07. The molecule has 0 unspecified atom stereocenters. The number of aliphatic hydroxyl groups is 1. The first-order chi connectivity index (χ1) is 8.46. The molecule has 6 heteroatoms. The molecule has 5 nitrogen and oxygen atoms in total. The van der Waals surface area contributed by atoms with E-state index in [4.69, 9.17) is 5.11 Å². The predicted molar refractivity (Wildman–Crippen MR) is 71.4 cm³/mol. The van der Waals surface area contributed by atoms with Crippen molar-refractivity contribution in [1.82, 2.24) is 4.72 Å². The molecule has 98 valence electrons. The van der Waals surface area contributed by atoms with Crippen molar-refractivity contribution in [2.24, 2.45) is 0 Å². The van der Waals surface area contributed by atoms with E-state index in [0.717, 1.165) is 5.56 Å². The van der Waals surface area contributed by atoms with Crippen LogP contribution in [0.3, 0.4) is 0 Å². The van der Waals surface area contributed by atoms with Gasteiger partial charge in [0, 0.05) is 19.0 Å². The van der Waals surface area contributed by atoms with Crippen LogP contribution in [-0.2, 0) is 10.2 Å². The summed E-state index contributed by atoms with van der Waals surface area (Å²) in [6.45, 7) is 1.87. The summed E-state index contributed by atoms with van der Waals surface area (Å²) < 4.78 is 27.3. The van der Waals surface area contributed by atoms with Gasteiger partial charge in [0.05, 0.1) is 12.3 Å². The average Bonchev–Trinajstić information content (AvgIpc) is 2.28. The SMILES string of the molecule is CNS(=O)(=O)Nc1cc(C)cc(C#CCCO)c1. The summed E-state index contributed by atoms with van der Waals surface area (Å²) >= 11 is 0. The lowest BCUT2D eigenvalue weighted by molar-refractivity contribution is 0.305. The van der Waals surface area contributed by atoms with Crippen molar-refractivity contribution in [3.8, 4) is 11.8 Å². The highest BCUT2D eigenvalue weighted by molar-refractivity contribution is 7.90. The second-order valence-electron chi connectivity index (χ2n) is 3.67. The van der Waals surface area contributed by atoms with Crippen LogP contribution in [-0.4, -0.2) is 27.2 Å². The molecular weight excluding hydrogens is 252 g/mol. The Morgan fingerprint density at radius 2 is 2.06 bits per heavy atom. The molecule has 0 fully saturated rings. The van der Waals surface area contributed by atoms with Crippen molar-refractivity contribution in [2.75, 3.05) is 18.4 Å². The fourth-order valence-electron chi connectivity index (χ4n) is 1.34. The smallest absolute Gasteiger partial charge is 0.298 e. The zero-order chi connectivity index (χ0) is 13.6. The fraction of sp³-hybridized carbons (Fsp3) is 0.333. The molecular formula is C12H16N2O3S. The monoisotopic (exact) mass is 268 g/mol. The molecule has 0 aromatic heterocycles. The van der Waals surface area contributed by atoms with Crippen LogP contribution in [0.4, 0.5) is 5.69 Å². The Hall–Kier alpha value is -1.55. The van der Waals surface area contributed by atoms with Crippen molar-refractivity contribution in [1.29, 1.82) is 0 Å². The van der Waals surface area contributed by atoms with E-state index >= 15 is 0 Å². The molecule has 1 rings (SSSR count). The number of rotatable bonds is 4. The summed E-state index contributed by atoms with van der Waals surface area (Å²) in [6, 6.07) is 5.21. The van der Waals surface area contributed by atoms with Crippen molar-refractivity contribution >= 4 is 15.9 Å². The number of hydrogen-bond acceptors (Lipinski definition) is 3. The lowest BCUT2D eigenvalue weighted by atomic mass is 10.1. The van der Waals surface area contributed by atoms with Crippen LogP contribution in [0, 0.1) is 18.8 Å². The summed E-state index contributed by atoms with van der Waals surface area (Å²) in [5.74, 6) is 5.66. The summed E-state index contributed by atoms with van der Waals surface area (Å²) in [5.41, 5.74) is 2.06. The molecule has 0 radical (unpaired) electrons. The molecule has 0 spiro atoms. The Kier molecular flexibility index (Phi) is 5.16. The van der Waals surface area contributed by atoms with Crippen LogP contribution >= 0.6 is 0 Å². The van der Waals surface area contributed by atoms with Crippen LogP contribution in [0.5, 0.6) is 0 Å². The number of hydrogen-bond donors (Lipinski definition) is 3. The third-order valence-corrected chi connectivity index (χ3v) is 3.11. The molecule has 1 aromatic carbocycles. The second kappa shape index (κ2) is 6.40. The third-order valence-electron chi connectivity index (χ3n) is 2.07. The van der Waals surface area contributed by atoms with Gasteiger partial charge in [0.15, 0.2) is 0 Å². The van der Waals surface area contributed by atoms with Crippen LogP contribution < -0.4 is 9.44 Å². The first-order valence-corrected chi connectivity index (χ1v) is 6.88. The zero-order valence-electron chi connectivity index (χ0n) is 10.3. The molecule has 0 saturated heterocycles. The maximum Gasteiger partial charge on any atom is 0.298 e. The Labute approximate surface area is 107 Å². The summed E-state index contributed by atoms with van der Waals surface area (Å²) in [7, 11) is -2.19. The average molecular weight is 268 g/mol. The number of aliphatic hydroxyl groups excluding tert-OH is 1. The quantitative estimate of drug-likeness (QED) is 0.700. The largest absolute Gasteiger partial charge is 0.395 e. The van der Waals surface area contributed by atoms with Gasteiger partial charge in [-0.25, -0.2) is 4.72 Å². The molecule has 0 bridgehead atoms. The number of anilines is 1. The van der Waals surface area contributed by atoms with Crippen LogP contribution in [0.1, 0.15) is 17.5 Å².